The van der Waals surface area contributed by atoms with Gasteiger partial charge in [0.1, 0.15) is 11.9 Å². The average molecular weight is 419 g/mol. The molecule has 31 heavy (non-hydrogen) atoms. The molecular formula is C24H22FN3O3. The first-order chi connectivity index (χ1) is 14.9. The number of carbonyl (C=O) groups excluding carboxylic acids is 3. The van der Waals surface area contributed by atoms with Crippen molar-refractivity contribution in [3.05, 3.63) is 95.8 Å². The van der Waals surface area contributed by atoms with Gasteiger partial charge in [-0.15, -0.1) is 0 Å². The van der Waals surface area contributed by atoms with Crippen LogP contribution < -0.4 is 16.0 Å². The zero-order valence-electron chi connectivity index (χ0n) is 16.9. The highest BCUT2D eigenvalue weighted by molar-refractivity contribution is 6.01. The predicted molar refractivity (Wildman–Crippen MR) is 117 cm³/mol. The molecule has 0 fully saturated rings. The average Bonchev–Trinajstić information content (AvgIpc) is 2.76. The molecule has 0 saturated carbocycles. The summed E-state index contributed by atoms with van der Waals surface area (Å²) in [6.45, 7) is 1.26. The van der Waals surface area contributed by atoms with Crippen LogP contribution in [0.2, 0.25) is 0 Å². The van der Waals surface area contributed by atoms with Crippen molar-refractivity contribution in [2.45, 2.75) is 19.4 Å². The lowest BCUT2D eigenvalue weighted by molar-refractivity contribution is -0.118. The number of hydrogen-bond acceptors (Lipinski definition) is 3. The number of carbonyl (C=O) groups is 3. The number of halogens is 1. The smallest absolute Gasteiger partial charge is 0.251 e. The SMILES string of the molecule is CC(=O)Nc1cc(NC(=O)C(Cc2ccccc2)NC(=O)c2ccccc2)ccc1F. The summed E-state index contributed by atoms with van der Waals surface area (Å²) in [7, 11) is 0. The quantitative estimate of drug-likeness (QED) is 0.545. The van der Waals surface area contributed by atoms with Crippen LogP contribution in [0.5, 0.6) is 0 Å². The largest absolute Gasteiger partial charge is 0.340 e. The van der Waals surface area contributed by atoms with E-state index < -0.39 is 23.7 Å². The van der Waals surface area contributed by atoms with E-state index in [-0.39, 0.29) is 18.0 Å². The number of hydrogen-bond donors (Lipinski definition) is 3. The van der Waals surface area contributed by atoms with Crippen LogP contribution in [0.1, 0.15) is 22.8 Å². The van der Waals surface area contributed by atoms with Gasteiger partial charge in [0, 0.05) is 24.6 Å². The maximum atomic E-state index is 13.9. The molecule has 3 aromatic carbocycles. The van der Waals surface area contributed by atoms with Crippen molar-refractivity contribution in [3.8, 4) is 0 Å². The lowest BCUT2D eigenvalue weighted by Crippen LogP contribution is -2.45. The standard InChI is InChI=1S/C24H22FN3O3/c1-16(29)26-21-15-19(12-13-20(21)25)27-24(31)22(14-17-8-4-2-5-9-17)28-23(30)18-10-6-3-7-11-18/h2-13,15,22H,14H2,1H3,(H,26,29)(H,27,31)(H,28,30). The lowest BCUT2D eigenvalue weighted by atomic mass is 10.0. The number of nitrogens with one attached hydrogen (secondary N) is 3. The highest BCUT2D eigenvalue weighted by Crippen LogP contribution is 2.20. The molecule has 0 aliphatic rings. The first-order valence-electron chi connectivity index (χ1n) is 9.70. The second kappa shape index (κ2) is 10.2. The fraction of sp³-hybridized carbons (Fsp3) is 0.125. The summed E-state index contributed by atoms with van der Waals surface area (Å²) in [6.07, 6.45) is 0.269. The molecule has 7 heteroatoms. The zero-order valence-corrected chi connectivity index (χ0v) is 16.9. The molecule has 0 spiro atoms. The van der Waals surface area contributed by atoms with Gasteiger partial charge >= 0.3 is 0 Å². The van der Waals surface area contributed by atoms with Gasteiger partial charge in [-0.25, -0.2) is 4.39 Å². The third-order valence-electron chi connectivity index (χ3n) is 4.49. The van der Waals surface area contributed by atoms with E-state index >= 15 is 0 Å². The third-order valence-corrected chi connectivity index (χ3v) is 4.49. The van der Waals surface area contributed by atoms with Gasteiger partial charge in [-0.1, -0.05) is 48.5 Å². The Morgan fingerprint density at radius 1 is 0.871 bits per heavy atom. The minimum atomic E-state index is -0.871. The van der Waals surface area contributed by atoms with Crippen molar-refractivity contribution >= 4 is 29.1 Å². The normalized spacial score (nSPS) is 11.3. The van der Waals surface area contributed by atoms with Crippen LogP contribution in [-0.4, -0.2) is 23.8 Å². The van der Waals surface area contributed by atoms with Crippen molar-refractivity contribution < 1.29 is 18.8 Å². The van der Waals surface area contributed by atoms with Gasteiger partial charge in [0.25, 0.3) is 5.91 Å². The molecule has 3 rings (SSSR count). The minimum absolute atomic E-state index is 0.0433. The van der Waals surface area contributed by atoms with E-state index in [0.29, 0.717) is 11.3 Å². The number of anilines is 2. The first kappa shape index (κ1) is 21.7. The highest BCUT2D eigenvalue weighted by atomic mass is 19.1. The van der Waals surface area contributed by atoms with E-state index in [4.69, 9.17) is 0 Å². The van der Waals surface area contributed by atoms with E-state index in [1.165, 1.54) is 19.1 Å². The molecule has 0 aliphatic heterocycles. The van der Waals surface area contributed by atoms with E-state index in [1.807, 2.05) is 30.3 Å². The minimum Gasteiger partial charge on any atom is -0.340 e. The van der Waals surface area contributed by atoms with Crippen LogP contribution in [0.15, 0.2) is 78.9 Å². The Labute approximate surface area is 179 Å². The van der Waals surface area contributed by atoms with Crippen LogP contribution in [0.4, 0.5) is 15.8 Å². The van der Waals surface area contributed by atoms with Crippen molar-refractivity contribution in [1.29, 1.82) is 0 Å². The molecule has 3 N–H and O–H groups in total. The topological polar surface area (TPSA) is 87.3 Å². The monoisotopic (exact) mass is 419 g/mol. The summed E-state index contributed by atoms with van der Waals surface area (Å²) in [4.78, 5) is 36.9. The van der Waals surface area contributed by atoms with Gasteiger partial charge in [0.15, 0.2) is 0 Å². The van der Waals surface area contributed by atoms with Gasteiger partial charge in [0.2, 0.25) is 11.8 Å². The van der Waals surface area contributed by atoms with Gasteiger partial charge in [-0.3, -0.25) is 14.4 Å². The molecule has 0 aromatic heterocycles. The Morgan fingerprint density at radius 3 is 2.16 bits per heavy atom. The zero-order chi connectivity index (χ0) is 22.2. The van der Waals surface area contributed by atoms with Crippen molar-refractivity contribution in [2.75, 3.05) is 10.6 Å². The van der Waals surface area contributed by atoms with Gasteiger partial charge < -0.3 is 16.0 Å². The Kier molecular flexibility index (Phi) is 7.11. The number of rotatable bonds is 7. The summed E-state index contributed by atoms with van der Waals surface area (Å²) >= 11 is 0. The second-order valence-corrected chi connectivity index (χ2v) is 6.95. The Hall–Kier alpha value is -4.00. The Balaban J connectivity index is 1.80. The first-order valence-corrected chi connectivity index (χ1v) is 9.70. The third kappa shape index (κ3) is 6.24. The van der Waals surface area contributed by atoms with E-state index in [1.54, 1.807) is 30.3 Å². The van der Waals surface area contributed by atoms with Crippen molar-refractivity contribution in [1.82, 2.24) is 5.32 Å². The van der Waals surface area contributed by atoms with Crippen LogP contribution in [-0.2, 0) is 16.0 Å². The van der Waals surface area contributed by atoms with Gasteiger partial charge in [-0.2, -0.15) is 0 Å². The molecule has 1 atom stereocenters. The lowest BCUT2D eigenvalue weighted by Gasteiger charge is -2.19. The molecule has 0 aliphatic carbocycles. The van der Waals surface area contributed by atoms with E-state index in [9.17, 15) is 18.8 Å². The molecule has 158 valence electrons. The number of benzene rings is 3. The summed E-state index contributed by atoms with van der Waals surface area (Å²) in [5, 5.41) is 7.83. The van der Waals surface area contributed by atoms with Crippen LogP contribution in [0.3, 0.4) is 0 Å². The predicted octanol–water partition coefficient (Wildman–Crippen LogP) is 3.76. The maximum absolute atomic E-state index is 13.9. The summed E-state index contributed by atoms with van der Waals surface area (Å²) < 4.78 is 13.9. The summed E-state index contributed by atoms with van der Waals surface area (Å²) in [5.41, 5.74) is 1.55. The fourth-order valence-electron chi connectivity index (χ4n) is 3.01. The summed E-state index contributed by atoms with van der Waals surface area (Å²) in [5.74, 6) is -1.89. The van der Waals surface area contributed by atoms with Crippen molar-refractivity contribution in [2.24, 2.45) is 0 Å². The van der Waals surface area contributed by atoms with Gasteiger partial charge in [0.05, 0.1) is 5.69 Å². The highest BCUT2D eigenvalue weighted by Gasteiger charge is 2.22. The molecule has 1 unspecified atom stereocenters. The van der Waals surface area contributed by atoms with Crippen LogP contribution in [0, 0.1) is 5.82 Å². The van der Waals surface area contributed by atoms with Crippen LogP contribution in [0.25, 0.3) is 0 Å². The Bertz CT molecular complexity index is 1070. The second-order valence-electron chi connectivity index (χ2n) is 6.95. The summed E-state index contributed by atoms with van der Waals surface area (Å²) in [6, 6.07) is 20.9. The molecule has 0 heterocycles. The molecule has 0 bridgehead atoms. The van der Waals surface area contributed by atoms with Crippen molar-refractivity contribution in [3.63, 3.8) is 0 Å². The molecule has 0 saturated heterocycles. The fourth-order valence-corrected chi connectivity index (χ4v) is 3.01. The molecule has 3 amide bonds. The maximum Gasteiger partial charge on any atom is 0.251 e. The molecule has 0 radical (unpaired) electrons. The number of amides is 3. The molecule has 6 nitrogen and oxygen atoms in total. The van der Waals surface area contributed by atoms with Gasteiger partial charge in [-0.05, 0) is 35.9 Å². The molecular weight excluding hydrogens is 397 g/mol. The Morgan fingerprint density at radius 2 is 1.52 bits per heavy atom. The van der Waals surface area contributed by atoms with E-state index in [2.05, 4.69) is 16.0 Å². The van der Waals surface area contributed by atoms with Crippen LogP contribution >= 0.6 is 0 Å². The molecule has 3 aromatic rings. The van der Waals surface area contributed by atoms with E-state index in [0.717, 1.165) is 11.6 Å².